The summed E-state index contributed by atoms with van der Waals surface area (Å²) in [6, 6.07) is 0. The average Bonchev–Trinajstić information content (AvgIpc) is 2.95. The molecule has 0 bridgehead atoms. The van der Waals surface area contributed by atoms with Crippen LogP contribution >= 0.6 is 0 Å². The summed E-state index contributed by atoms with van der Waals surface area (Å²) in [5, 5.41) is 10.7. The van der Waals surface area contributed by atoms with E-state index in [1.165, 1.54) is 13.3 Å². The van der Waals surface area contributed by atoms with E-state index in [-0.39, 0.29) is 17.4 Å². The number of aryl methyl sites for hydroxylation is 1. The summed E-state index contributed by atoms with van der Waals surface area (Å²) in [7, 11) is -2.41. The summed E-state index contributed by atoms with van der Waals surface area (Å²) < 4.78 is 56.0. The summed E-state index contributed by atoms with van der Waals surface area (Å²) in [5.41, 5.74) is 0.243. The van der Waals surface area contributed by atoms with Crippen LogP contribution < -0.4 is 0 Å². The monoisotopic (exact) mass is 334 g/mol. The molecular weight excluding hydrogens is 318 g/mol. The number of rotatable bonds is 6. The normalized spacial score (nSPS) is 12.5. The zero-order valence-electron chi connectivity index (χ0n) is 12.3. The van der Waals surface area contributed by atoms with Crippen LogP contribution in [-0.4, -0.2) is 28.6 Å². The Morgan fingerprint density at radius 3 is 2.59 bits per heavy atom. The maximum atomic E-state index is 12.9. The summed E-state index contributed by atoms with van der Waals surface area (Å²) in [6.07, 6.45) is -1.58. The second-order valence-corrected chi connectivity index (χ2v) is 7.32. The van der Waals surface area contributed by atoms with Crippen molar-refractivity contribution in [3.05, 3.63) is 28.9 Å². The van der Waals surface area contributed by atoms with Crippen LogP contribution in [0.3, 0.4) is 0 Å². The van der Waals surface area contributed by atoms with Crippen LogP contribution in [0.25, 0.3) is 0 Å². The first-order valence-corrected chi connectivity index (χ1v) is 8.33. The van der Waals surface area contributed by atoms with E-state index in [9.17, 15) is 17.2 Å². The SMILES string of the molecule is CC(C)c1nocc1CS(=O)(=O)Cc1nnn(C)c1C(F)F. The second-order valence-electron chi connectivity index (χ2n) is 5.26. The van der Waals surface area contributed by atoms with Crippen molar-refractivity contribution in [3.63, 3.8) is 0 Å². The Morgan fingerprint density at radius 2 is 2.00 bits per heavy atom. The molecule has 0 aliphatic heterocycles. The molecule has 0 aliphatic carbocycles. The highest BCUT2D eigenvalue weighted by molar-refractivity contribution is 7.89. The van der Waals surface area contributed by atoms with Gasteiger partial charge in [-0.1, -0.05) is 24.2 Å². The van der Waals surface area contributed by atoms with Crippen molar-refractivity contribution in [2.24, 2.45) is 7.05 Å². The van der Waals surface area contributed by atoms with Crippen LogP contribution in [0.2, 0.25) is 0 Å². The molecule has 0 spiro atoms. The number of halogens is 2. The predicted molar refractivity (Wildman–Crippen MR) is 72.9 cm³/mol. The number of alkyl halides is 2. The van der Waals surface area contributed by atoms with Gasteiger partial charge in [-0.15, -0.1) is 5.10 Å². The number of hydrogen-bond acceptors (Lipinski definition) is 6. The van der Waals surface area contributed by atoms with Crippen molar-refractivity contribution in [3.8, 4) is 0 Å². The smallest absolute Gasteiger partial charge is 0.281 e. The first kappa shape index (κ1) is 16.5. The Morgan fingerprint density at radius 1 is 1.32 bits per heavy atom. The van der Waals surface area contributed by atoms with Gasteiger partial charge in [0, 0.05) is 12.6 Å². The van der Waals surface area contributed by atoms with Gasteiger partial charge >= 0.3 is 0 Å². The summed E-state index contributed by atoms with van der Waals surface area (Å²) >= 11 is 0. The van der Waals surface area contributed by atoms with Gasteiger partial charge in [0.15, 0.2) is 9.84 Å². The van der Waals surface area contributed by atoms with Gasteiger partial charge < -0.3 is 4.52 Å². The van der Waals surface area contributed by atoms with Gasteiger partial charge in [0.25, 0.3) is 6.43 Å². The number of sulfone groups is 1. The van der Waals surface area contributed by atoms with Crippen LogP contribution in [0, 0.1) is 0 Å². The predicted octanol–water partition coefficient (Wildman–Crippen LogP) is 1.98. The van der Waals surface area contributed by atoms with Crippen molar-refractivity contribution in [2.45, 2.75) is 37.7 Å². The van der Waals surface area contributed by atoms with E-state index in [1.54, 1.807) is 0 Å². The Hall–Kier alpha value is -1.84. The molecular formula is C12H16F2N4O3S. The molecule has 0 saturated carbocycles. The van der Waals surface area contributed by atoms with Gasteiger partial charge in [-0.2, -0.15) is 0 Å². The van der Waals surface area contributed by atoms with Crippen LogP contribution in [0.4, 0.5) is 8.78 Å². The fourth-order valence-corrected chi connectivity index (χ4v) is 3.54. The molecule has 2 heterocycles. The summed E-state index contributed by atoms with van der Waals surface area (Å²) in [4.78, 5) is 0. The molecule has 0 aromatic carbocycles. The molecule has 0 saturated heterocycles. The highest BCUT2D eigenvalue weighted by Gasteiger charge is 2.26. The Balaban J connectivity index is 2.24. The van der Waals surface area contributed by atoms with Gasteiger partial charge in [0.05, 0.1) is 17.2 Å². The van der Waals surface area contributed by atoms with E-state index >= 15 is 0 Å². The Kier molecular flexibility index (Phi) is 4.59. The molecule has 0 atom stereocenters. The van der Waals surface area contributed by atoms with Crippen LogP contribution in [0.5, 0.6) is 0 Å². The number of hydrogen-bond donors (Lipinski definition) is 0. The van der Waals surface area contributed by atoms with E-state index in [0.29, 0.717) is 11.3 Å². The van der Waals surface area contributed by atoms with Crippen LogP contribution in [0.1, 0.15) is 48.8 Å². The minimum absolute atomic E-state index is 0.00269. The third kappa shape index (κ3) is 3.49. The quantitative estimate of drug-likeness (QED) is 0.802. The molecule has 22 heavy (non-hydrogen) atoms. The molecule has 2 aromatic rings. The number of aromatic nitrogens is 4. The molecule has 0 unspecified atom stereocenters. The lowest BCUT2D eigenvalue weighted by molar-refractivity contribution is 0.140. The molecule has 0 aliphatic rings. The van der Waals surface area contributed by atoms with Gasteiger partial charge in [-0.3, -0.25) is 0 Å². The molecule has 7 nitrogen and oxygen atoms in total. The third-order valence-corrected chi connectivity index (χ3v) is 4.57. The molecule has 2 aromatic heterocycles. The lowest BCUT2D eigenvalue weighted by Gasteiger charge is -2.06. The maximum absolute atomic E-state index is 12.9. The first-order chi connectivity index (χ1) is 10.2. The first-order valence-electron chi connectivity index (χ1n) is 6.51. The molecule has 2 rings (SSSR count). The molecule has 122 valence electrons. The molecule has 0 N–H and O–H groups in total. The molecule has 0 fully saturated rings. The Bertz CT molecular complexity index is 752. The average molecular weight is 334 g/mol. The Labute approximate surface area is 126 Å². The number of nitrogens with zero attached hydrogens (tertiary/aromatic N) is 4. The fourth-order valence-electron chi connectivity index (χ4n) is 2.12. The highest BCUT2D eigenvalue weighted by atomic mass is 32.2. The molecule has 0 amide bonds. The highest BCUT2D eigenvalue weighted by Crippen LogP contribution is 2.24. The minimum atomic E-state index is -3.71. The van der Waals surface area contributed by atoms with Gasteiger partial charge in [0.1, 0.15) is 17.7 Å². The summed E-state index contributed by atoms with van der Waals surface area (Å²) in [5.74, 6) is -0.955. The van der Waals surface area contributed by atoms with Crippen molar-refractivity contribution in [2.75, 3.05) is 0 Å². The lowest BCUT2D eigenvalue weighted by atomic mass is 10.1. The van der Waals surface area contributed by atoms with E-state index < -0.39 is 27.7 Å². The van der Waals surface area contributed by atoms with Gasteiger partial charge in [0.2, 0.25) is 0 Å². The fraction of sp³-hybridized carbons (Fsp3) is 0.583. The van der Waals surface area contributed by atoms with Crippen molar-refractivity contribution >= 4 is 9.84 Å². The zero-order valence-corrected chi connectivity index (χ0v) is 13.1. The van der Waals surface area contributed by atoms with Crippen LogP contribution in [-0.2, 0) is 28.4 Å². The second kappa shape index (κ2) is 6.11. The van der Waals surface area contributed by atoms with E-state index in [1.807, 2.05) is 13.8 Å². The van der Waals surface area contributed by atoms with E-state index in [4.69, 9.17) is 4.52 Å². The standard InChI is InChI=1S/C12H16F2N4O3S/c1-7(2)10-8(4-21-16-10)5-22(19,20)6-9-11(12(13)14)18(3)17-15-9/h4,7,12H,5-6H2,1-3H3. The topological polar surface area (TPSA) is 90.9 Å². The minimum Gasteiger partial charge on any atom is -0.364 e. The largest absolute Gasteiger partial charge is 0.364 e. The molecule has 10 heteroatoms. The molecule has 0 radical (unpaired) electrons. The zero-order chi connectivity index (χ0) is 16.5. The lowest BCUT2D eigenvalue weighted by Crippen LogP contribution is -2.11. The van der Waals surface area contributed by atoms with Crippen molar-refractivity contribution in [1.82, 2.24) is 20.2 Å². The maximum Gasteiger partial charge on any atom is 0.281 e. The van der Waals surface area contributed by atoms with E-state index in [2.05, 4.69) is 15.5 Å². The van der Waals surface area contributed by atoms with E-state index in [0.717, 1.165) is 4.68 Å². The van der Waals surface area contributed by atoms with Gasteiger partial charge in [-0.25, -0.2) is 21.9 Å². The van der Waals surface area contributed by atoms with Crippen molar-refractivity contribution < 1.29 is 21.7 Å². The van der Waals surface area contributed by atoms with Gasteiger partial charge in [-0.05, 0) is 5.92 Å². The summed E-state index contributed by atoms with van der Waals surface area (Å²) in [6.45, 7) is 3.71. The van der Waals surface area contributed by atoms with Crippen molar-refractivity contribution in [1.29, 1.82) is 0 Å². The van der Waals surface area contributed by atoms with Crippen LogP contribution in [0.15, 0.2) is 10.8 Å². The third-order valence-electron chi connectivity index (χ3n) is 3.10.